The first-order valence-corrected chi connectivity index (χ1v) is 16.3. The van der Waals surface area contributed by atoms with Gasteiger partial charge in [0, 0.05) is 63.3 Å². The Balaban J connectivity index is 1.08. The van der Waals surface area contributed by atoms with Crippen molar-refractivity contribution in [3.63, 3.8) is 0 Å². The van der Waals surface area contributed by atoms with Gasteiger partial charge in [-0.05, 0) is 85.0 Å². The van der Waals surface area contributed by atoms with E-state index in [1.54, 1.807) is 40.4 Å². The smallest absolute Gasteiger partial charge is 0.410 e. The molecule has 0 bridgehead atoms. The molecule has 0 aliphatic carbocycles. The van der Waals surface area contributed by atoms with Gasteiger partial charge in [-0.1, -0.05) is 47.5 Å². The molecular formula is C34H37Cl2N5O4. The van der Waals surface area contributed by atoms with Crippen molar-refractivity contribution in [3.8, 4) is 0 Å². The Labute approximate surface area is 273 Å². The van der Waals surface area contributed by atoms with Crippen LogP contribution in [0.4, 0.5) is 15.3 Å². The monoisotopic (exact) mass is 649 g/mol. The van der Waals surface area contributed by atoms with E-state index in [9.17, 15) is 14.4 Å². The maximum Gasteiger partial charge on any atom is 0.410 e. The number of amides is 4. The van der Waals surface area contributed by atoms with E-state index in [0.29, 0.717) is 61.5 Å². The third-order valence-corrected chi connectivity index (χ3v) is 9.95. The van der Waals surface area contributed by atoms with Crippen molar-refractivity contribution >= 4 is 46.9 Å². The second-order valence-electron chi connectivity index (χ2n) is 12.0. The number of halogens is 2. The summed E-state index contributed by atoms with van der Waals surface area (Å²) in [5, 5.41) is 3.84. The van der Waals surface area contributed by atoms with Crippen LogP contribution in [0.5, 0.6) is 0 Å². The summed E-state index contributed by atoms with van der Waals surface area (Å²) in [6, 6.07) is 17.0. The fourth-order valence-electron chi connectivity index (χ4n) is 6.63. The maximum atomic E-state index is 13.8. The van der Waals surface area contributed by atoms with E-state index in [2.05, 4.69) is 10.3 Å². The number of piperidine rings is 2. The van der Waals surface area contributed by atoms with Crippen molar-refractivity contribution in [2.75, 3.05) is 38.0 Å². The Morgan fingerprint density at radius 2 is 1.60 bits per heavy atom. The van der Waals surface area contributed by atoms with Crippen LogP contribution in [-0.2, 0) is 22.4 Å². The van der Waals surface area contributed by atoms with Crippen LogP contribution in [0.15, 0.2) is 67.0 Å². The van der Waals surface area contributed by atoms with Crippen LogP contribution in [0, 0.1) is 0 Å². The predicted molar refractivity (Wildman–Crippen MR) is 174 cm³/mol. The van der Waals surface area contributed by atoms with Crippen molar-refractivity contribution in [1.82, 2.24) is 19.7 Å². The van der Waals surface area contributed by atoms with Crippen molar-refractivity contribution < 1.29 is 19.1 Å². The van der Waals surface area contributed by atoms with Gasteiger partial charge in [-0.25, -0.2) is 9.59 Å². The second kappa shape index (κ2) is 14.1. The average molecular weight is 651 g/mol. The molecule has 3 aromatic rings. The predicted octanol–water partition coefficient (Wildman–Crippen LogP) is 6.40. The van der Waals surface area contributed by atoms with Crippen LogP contribution in [0.3, 0.4) is 0 Å². The van der Waals surface area contributed by atoms with Gasteiger partial charge in [0.2, 0.25) is 0 Å². The highest BCUT2D eigenvalue weighted by atomic mass is 35.5. The summed E-state index contributed by atoms with van der Waals surface area (Å²) in [7, 11) is 0. The van der Waals surface area contributed by atoms with Crippen LogP contribution < -0.4 is 5.32 Å². The lowest BCUT2D eigenvalue weighted by molar-refractivity contribution is -0.142. The van der Waals surface area contributed by atoms with E-state index in [-0.39, 0.29) is 24.4 Å². The molecule has 1 atom stereocenters. The Hall–Kier alpha value is -3.82. The lowest BCUT2D eigenvalue weighted by Crippen LogP contribution is -2.51. The summed E-state index contributed by atoms with van der Waals surface area (Å²) in [6.45, 7) is 2.65. The summed E-state index contributed by atoms with van der Waals surface area (Å²) in [4.78, 5) is 49.8. The van der Waals surface area contributed by atoms with Gasteiger partial charge in [-0.15, -0.1) is 0 Å². The van der Waals surface area contributed by atoms with Crippen molar-refractivity contribution in [2.24, 2.45) is 0 Å². The van der Waals surface area contributed by atoms with Gasteiger partial charge >= 0.3 is 12.1 Å². The number of urea groups is 1. The van der Waals surface area contributed by atoms with Gasteiger partial charge in [0.1, 0.15) is 0 Å². The van der Waals surface area contributed by atoms with Crippen LogP contribution >= 0.6 is 23.2 Å². The first-order valence-electron chi connectivity index (χ1n) is 15.6. The van der Waals surface area contributed by atoms with E-state index in [4.69, 9.17) is 27.9 Å². The number of hydrogen-bond donors (Lipinski definition) is 1. The quantitative estimate of drug-likeness (QED) is 0.334. The number of fused-ring (bicyclic) bond motifs is 1. The summed E-state index contributed by atoms with van der Waals surface area (Å²) in [6.07, 6.45) is 5.95. The number of carbonyl (C=O) groups excluding carboxylic acids is 3. The molecule has 9 nitrogen and oxygen atoms in total. The van der Waals surface area contributed by atoms with Gasteiger partial charge in [-0.3, -0.25) is 9.78 Å². The normalized spacial score (nSPS) is 18.5. The maximum absolute atomic E-state index is 13.8. The molecule has 4 amide bonds. The highest BCUT2D eigenvalue weighted by molar-refractivity contribution is 6.42. The summed E-state index contributed by atoms with van der Waals surface area (Å²) in [5.41, 5.74) is 3.95. The molecule has 3 aliphatic rings. The van der Waals surface area contributed by atoms with Gasteiger partial charge in [0.05, 0.1) is 10.0 Å². The van der Waals surface area contributed by atoms with E-state index < -0.39 is 12.2 Å². The van der Waals surface area contributed by atoms with Crippen LogP contribution in [-0.4, -0.2) is 82.6 Å². The largest absolute Gasteiger partial charge is 0.436 e. The third-order valence-electron chi connectivity index (χ3n) is 9.21. The summed E-state index contributed by atoms with van der Waals surface area (Å²) in [5.74, 6) is 0.146. The SMILES string of the molecule is O=C(O[C@H](Cc1ccc(Cl)c(Cl)c1)C(=O)N1CCC(c2ccncc2)CC1)N1CCC(N2CCc3ccccc3NC2=O)CC1. The Bertz CT molecular complexity index is 1520. The highest BCUT2D eigenvalue weighted by Crippen LogP contribution is 2.30. The van der Waals surface area contributed by atoms with Gasteiger partial charge in [0.25, 0.3) is 5.91 Å². The molecule has 2 saturated heterocycles. The highest BCUT2D eigenvalue weighted by Gasteiger charge is 2.35. The van der Waals surface area contributed by atoms with Crippen molar-refractivity contribution in [2.45, 2.75) is 56.6 Å². The van der Waals surface area contributed by atoms with Crippen LogP contribution in [0.1, 0.15) is 48.3 Å². The number of aromatic nitrogens is 1. The Kier molecular flexibility index (Phi) is 9.76. The number of benzene rings is 2. The van der Waals surface area contributed by atoms with E-state index in [1.165, 1.54) is 5.56 Å². The third kappa shape index (κ3) is 7.36. The Morgan fingerprint density at radius 1 is 0.889 bits per heavy atom. The second-order valence-corrected chi connectivity index (χ2v) is 12.8. The van der Waals surface area contributed by atoms with E-state index in [1.807, 2.05) is 41.3 Å². The number of hydrogen-bond acceptors (Lipinski definition) is 5. The average Bonchev–Trinajstić information content (AvgIpc) is 3.24. The topological polar surface area (TPSA) is 95.1 Å². The minimum absolute atomic E-state index is 0.0127. The van der Waals surface area contributed by atoms with Crippen molar-refractivity contribution in [1.29, 1.82) is 0 Å². The first kappa shape index (κ1) is 31.2. The molecule has 0 radical (unpaired) electrons. The summed E-state index contributed by atoms with van der Waals surface area (Å²) >= 11 is 12.4. The number of pyridine rings is 1. The lowest BCUT2D eigenvalue weighted by atomic mass is 9.90. The molecular weight excluding hydrogens is 613 g/mol. The number of nitrogens with zero attached hydrogens (tertiary/aromatic N) is 4. The van der Waals surface area contributed by atoms with Crippen LogP contribution in [0.2, 0.25) is 10.0 Å². The van der Waals surface area contributed by atoms with Crippen molar-refractivity contribution in [3.05, 3.63) is 93.7 Å². The molecule has 6 rings (SSSR count). The molecule has 2 fully saturated rings. The number of carbonyl (C=O) groups is 3. The van der Waals surface area contributed by atoms with Gasteiger partial charge in [-0.2, -0.15) is 0 Å². The first-order chi connectivity index (χ1) is 21.9. The van der Waals surface area contributed by atoms with Gasteiger partial charge in [0.15, 0.2) is 6.10 Å². The number of anilines is 1. The molecule has 236 valence electrons. The molecule has 45 heavy (non-hydrogen) atoms. The zero-order chi connectivity index (χ0) is 31.3. The van der Waals surface area contributed by atoms with E-state index >= 15 is 0 Å². The minimum atomic E-state index is -1.00. The molecule has 11 heteroatoms. The standard InChI is InChI=1S/C34H37Cl2N5O4/c35-28-6-5-23(21-29(28)36)22-31(32(42)39-16-9-25(10-17-39)24-7-14-37-15-8-24)45-34(44)40-18-12-27(13-19-40)41-20-11-26-3-1-2-4-30(26)38-33(41)43/h1-8,14-15,21,25,27,31H,9-13,16-20,22H2,(H,38,43)/t31-/m1/s1. The number of rotatable bonds is 6. The Morgan fingerprint density at radius 3 is 2.33 bits per heavy atom. The fourth-order valence-corrected chi connectivity index (χ4v) is 6.95. The molecule has 0 spiro atoms. The minimum Gasteiger partial charge on any atom is -0.436 e. The molecule has 3 aliphatic heterocycles. The zero-order valence-corrected chi connectivity index (χ0v) is 26.6. The molecule has 1 N–H and O–H groups in total. The van der Waals surface area contributed by atoms with Gasteiger partial charge < -0.3 is 24.8 Å². The fraction of sp³-hybridized carbons (Fsp3) is 0.412. The number of para-hydroxylation sites is 1. The molecule has 0 saturated carbocycles. The molecule has 0 unspecified atom stereocenters. The van der Waals surface area contributed by atoms with E-state index in [0.717, 1.165) is 36.1 Å². The summed E-state index contributed by atoms with van der Waals surface area (Å²) < 4.78 is 5.97. The molecule has 2 aromatic carbocycles. The molecule has 1 aromatic heterocycles. The number of ether oxygens (including phenoxy) is 1. The molecule has 4 heterocycles. The number of likely N-dealkylation sites (tertiary alicyclic amines) is 2. The number of nitrogens with one attached hydrogen (secondary N) is 1. The zero-order valence-electron chi connectivity index (χ0n) is 25.0. The lowest BCUT2D eigenvalue weighted by Gasteiger charge is -2.38. The van der Waals surface area contributed by atoms with Crippen LogP contribution in [0.25, 0.3) is 0 Å².